The first-order chi connectivity index (χ1) is 5.42. The van der Waals surface area contributed by atoms with Crippen molar-refractivity contribution in [2.24, 2.45) is 5.92 Å². The minimum atomic E-state index is -4.23. The fraction of sp³-hybridized carbons (Fsp3) is 1.00. The minimum Gasteiger partial charge on any atom is -1.00 e. The van der Waals surface area contributed by atoms with E-state index in [-0.39, 0.29) is 59.4 Å². The largest absolute Gasteiger partial charge is 1.00 e. The third-order valence-corrected chi connectivity index (χ3v) is 1.95. The number of rotatable bonds is 6. The number of hydrogen-bond donors (Lipinski definition) is 2. The summed E-state index contributed by atoms with van der Waals surface area (Å²) < 4.78 is 14.5. The molecule has 0 heterocycles. The quantitative estimate of drug-likeness (QED) is 0.354. The Morgan fingerprint density at radius 3 is 2.31 bits per heavy atom. The zero-order valence-electron chi connectivity index (χ0n) is 9.56. The van der Waals surface area contributed by atoms with Crippen LogP contribution in [0.2, 0.25) is 0 Å². The number of phosphoric ester groups is 1. The van der Waals surface area contributed by atoms with E-state index in [2.05, 4.69) is 18.4 Å². The molecule has 0 saturated carbocycles. The van der Waals surface area contributed by atoms with Gasteiger partial charge >= 0.3 is 59.2 Å². The van der Waals surface area contributed by atoms with Gasteiger partial charge in [0.05, 0.1) is 6.61 Å². The maximum atomic E-state index is 10.2. The summed E-state index contributed by atoms with van der Waals surface area (Å²) in [6.07, 6.45) is 2.74. The van der Waals surface area contributed by atoms with Crippen molar-refractivity contribution in [2.45, 2.75) is 33.1 Å². The van der Waals surface area contributed by atoms with E-state index in [1.807, 2.05) is 0 Å². The number of unbranched alkanes of at least 4 members (excludes halogenated alkanes) is 1. The minimum absolute atomic E-state index is 0. The molecule has 0 radical (unpaired) electrons. The van der Waals surface area contributed by atoms with E-state index < -0.39 is 7.82 Å². The molecular weight excluding hydrogens is 218 g/mol. The fourth-order valence-electron chi connectivity index (χ4n) is 0.838. The van der Waals surface area contributed by atoms with Gasteiger partial charge < -0.3 is 11.2 Å². The van der Waals surface area contributed by atoms with Crippen LogP contribution in [0, 0.1) is 5.92 Å². The van der Waals surface area contributed by atoms with Crippen LogP contribution in [0.1, 0.15) is 34.5 Å². The van der Waals surface area contributed by atoms with Crippen molar-refractivity contribution in [2.75, 3.05) is 6.61 Å². The molecule has 0 spiro atoms. The Balaban J connectivity index is -0.000000605. The summed E-state index contributed by atoms with van der Waals surface area (Å²) in [5.41, 5.74) is 0. The summed E-state index contributed by atoms with van der Waals surface area (Å²) in [5.74, 6) is 0.639. The van der Waals surface area contributed by atoms with Crippen LogP contribution in [0.4, 0.5) is 0 Å². The van der Waals surface area contributed by atoms with Crippen LogP contribution in [0.15, 0.2) is 0 Å². The predicted octanol–water partition coefficient (Wildman–Crippen LogP) is -0.961. The molecule has 0 rings (SSSR count). The van der Waals surface area contributed by atoms with Crippen molar-refractivity contribution in [3.05, 3.63) is 0 Å². The molecule has 0 unspecified atom stereocenters. The van der Waals surface area contributed by atoms with E-state index in [0.717, 1.165) is 12.8 Å². The molecule has 0 bridgehead atoms. The van der Waals surface area contributed by atoms with Crippen LogP contribution in [0.25, 0.3) is 0 Å². The molecule has 4 nitrogen and oxygen atoms in total. The Labute approximate surface area is 124 Å². The van der Waals surface area contributed by atoms with Crippen molar-refractivity contribution in [3.63, 3.8) is 0 Å². The first-order valence-corrected chi connectivity index (χ1v) is 5.65. The first-order valence-electron chi connectivity index (χ1n) is 4.12. The molecule has 0 aromatic heterocycles. The van der Waals surface area contributed by atoms with Gasteiger partial charge in [-0.25, -0.2) is 4.57 Å². The SMILES string of the molecule is CC(C)CCCCOP(=O)(O)O.[H-].[K+]. The topological polar surface area (TPSA) is 66.8 Å². The summed E-state index contributed by atoms with van der Waals surface area (Å²) in [4.78, 5) is 16.6. The Hall–Kier alpha value is 1.75. The summed E-state index contributed by atoms with van der Waals surface area (Å²) in [6, 6.07) is 0. The van der Waals surface area contributed by atoms with Gasteiger partial charge in [-0.05, 0) is 12.3 Å². The summed E-state index contributed by atoms with van der Waals surface area (Å²) in [7, 11) is -4.23. The van der Waals surface area contributed by atoms with Crippen molar-refractivity contribution in [1.82, 2.24) is 0 Å². The van der Waals surface area contributed by atoms with Gasteiger partial charge in [0, 0.05) is 0 Å². The molecule has 0 aliphatic heterocycles. The number of hydrogen-bond acceptors (Lipinski definition) is 2. The zero-order chi connectivity index (χ0) is 9.61. The predicted molar refractivity (Wildman–Crippen MR) is 47.8 cm³/mol. The smallest absolute Gasteiger partial charge is 1.00 e. The molecule has 0 saturated heterocycles. The average Bonchev–Trinajstić information content (AvgIpc) is 1.83. The van der Waals surface area contributed by atoms with E-state index in [0.29, 0.717) is 12.3 Å². The fourth-order valence-corrected chi connectivity index (χ4v) is 1.21. The van der Waals surface area contributed by atoms with Crippen LogP contribution in [-0.4, -0.2) is 16.4 Å². The van der Waals surface area contributed by atoms with Gasteiger partial charge in [0.15, 0.2) is 0 Å². The molecule has 0 amide bonds. The van der Waals surface area contributed by atoms with E-state index >= 15 is 0 Å². The molecule has 2 N–H and O–H groups in total. The van der Waals surface area contributed by atoms with E-state index in [4.69, 9.17) is 9.79 Å². The van der Waals surface area contributed by atoms with Crippen molar-refractivity contribution >= 4 is 7.82 Å². The van der Waals surface area contributed by atoms with E-state index in [1.165, 1.54) is 0 Å². The van der Waals surface area contributed by atoms with Crippen LogP contribution in [-0.2, 0) is 9.09 Å². The third-order valence-electron chi connectivity index (χ3n) is 1.44. The Bertz CT molecular complexity index is 162. The monoisotopic (exact) mass is 236 g/mol. The van der Waals surface area contributed by atoms with Gasteiger partial charge in [0.2, 0.25) is 0 Å². The maximum absolute atomic E-state index is 10.2. The molecule has 6 heteroatoms. The average molecular weight is 236 g/mol. The van der Waals surface area contributed by atoms with E-state index in [9.17, 15) is 4.57 Å². The van der Waals surface area contributed by atoms with Gasteiger partial charge in [-0.3, -0.25) is 4.52 Å². The molecule has 0 fully saturated rings. The van der Waals surface area contributed by atoms with Crippen LogP contribution in [0.3, 0.4) is 0 Å². The van der Waals surface area contributed by atoms with Gasteiger partial charge in [0.25, 0.3) is 0 Å². The van der Waals surface area contributed by atoms with Gasteiger partial charge in [-0.1, -0.05) is 26.7 Å². The van der Waals surface area contributed by atoms with Gasteiger partial charge in [0.1, 0.15) is 0 Å². The molecule has 0 aromatic carbocycles. The van der Waals surface area contributed by atoms with Crippen LogP contribution >= 0.6 is 7.82 Å². The summed E-state index contributed by atoms with van der Waals surface area (Å²) in [6.45, 7) is 4.38. The molecule has 76 valence electrons. The third kappa shape index (κ3) is 16.4. The second kappa shape index (κ2) is 9.01. The normalized spacial score (nSPS) is 11.5. The second-order valence-corrected chi connectivity index (χ2v) is 4.45. The van der Waals surface area contributed by atoms with Gasteiger partial charge in [-0.15, -0.1) is 0 Å². The summed E-state index contributed by atoms with van der Waals surface area (Å²) >= 11 is 0. The van der Waals surface area contributed by atoms with Crippen molar-refractivity contribution < 1.29 is 71.7 Å². The molecule has 0 aromatic rings. The Morgan fingerprint density at radius 2 is 1.92 bits per heavy atom. The molecule has 13 heavy (non-hydrogen) atoms. The Morgan fingerprint density at radius 1 is 1.38 bits per heavy atom. The zero-order valence-corrected chi connectivity index (χ0v) is 12.6. The molecule has 0 aliphatic carbocycles. The maximum Gasteiger partial charge on any atom is 1.00 e. The molecular formula is C7H18KO4P. The summed E-state index contributed by atoms with van der Waals surface area (Å²) in [5, 5.41) is 0. The van der Waals surface area contributed by atoms with Gasteiger partial charge in [-0.2, -0.15) is 0 Å². The second-order valence-electron chi connectivity index (χ2n) is 3.21. The molecule has 0 atom stereocenters. The van der Waals surface area contributed by atoms with E-state index in [1.54, 1.807) is 0 Å². The number of phosphoric acid groups is 1. The standard InChI is InChI=1S/C7H17O4P.K.H/c1-7(2)5-3-4-6-11-12(8,9)10;;/h7H,3-6H2,1-2H3,(H2,8,9,10);;/q;+1;-1. The van der Waals surface area contributed by atoms with Crippen molar-refractivity contribution in [1.29, 1.82) is 0 Å². The molecule has 0 aliphatic rings. The van der Waals surface area contributed by atoms with Crippen LogP contribution < -0.4 is 51.4 Å². The van der Waals surface area contributed by atoms with Crippen molar-refractivity contribution in [3.8, 4) is 0 Å². The Kier molecular flexibility index (Phi) is 11.9. The first kappa shape index (κ1) is 17.2. The van der Waals surface area contributed by atoms with Crippen LogP contribution in [0.5, 0.6) is 0 Å².